The molecule has 0 spiro atoms. The molecule has 0 aliphatic carbocycles. The van der Waals surface area contributed by atoms with Crippen molar-refractivity contribution in [2.75, 3.05) is 30.9 Å². The Morgan fingerprint density at radius 3 is 2.43 bits per heavy atom. The number of nitro groups is 1. The van der Waals surface area contributed by atoms with E-state index in [1.807, 2.05) is 32.8 Å². The molecule has 0 fully saturated rings. The van der Waals surface area contributed by atoms with Crippen LogP contribution in [0.15, 0.2) is 42.5 Å². The number of carbonyl (C=O) groups excluding carboxylic acids is 2. The summed E-state index contributed by atoms with van der Waals surface area (Å²) in [5.74, 6) is -0.415. The van der Waals surface area contributed by atoms with E-state index in [4.69, 9.17) is 0 Å². The number of anilines is 2. The van der Waals surface area contributed by atoms with Crippen molar-refractivity contribution in [3.05, 3.63) is 63.7 Å². The number of carbonyl (C=O) groups is 2. The topological polar surface area (TPSA) is 105 Å². The number of hydrogen-bond donors (Lipinski definition) is 2. The highest BCUT2D eigenvalue weighted by molar-refractivity contribution is 6.06. The van der Waals surface area contributed by atoms with Crippen LogP contribution in [-0.4, -0.2) is 37.4 Å². The van der Waals surface area contributed by atoms with Crippen LogP contribution in [0.4, 0.5) is 17.1 Å². The zero-order valence-electron chi connectivity index (χ0n) is 16.4. The lowest BCUT2D eigenvalue weighted by atomic mass is 10.1. The molecule has 8 nitrogen and oxygen atoms in total. The second-order valence-corrected chi connectivity index (χ2v) is 6.99. The molecule has 0 heterocycles. The number of benzene rings is 2. The van der Waals surface area contributed by atoms with E-state index in [0.29, 0.717) is 23.7 Å². The van der Waals surface area contributed by atoms with Crippen LogP contribution in [0.1, 0.15) is 34.6 Å². The van der Waals surface area contributed by atoms with Crippen molar-refractivity contribution in [2.45, 2.75) is 13.8 Å². The fourth-order valence-corrected chi connectivity index (χ4v) is 2.54. The van der Waals surface area contributed by atoms with Crippen molar-refractivity contribution >= 4 is 28.9 Å². The maximum Gasteiger partial charge on any atom is 0.270 e. The van der Waals surface area contributed by atoms with Crippen molar-refractivity contribution in [2.24, 2.45) is 5.92 Å². The monoisotopic (exact) mass is 384 g/mol. The average Bonchev–Trinajstić information content (AvgIpc) is 2.65. The molecule has 0 unspecified atom stereocenters. The second kappa shape index (κ2) is 8.98. The van der Waals surface area contributed by atoms with E-state index >= 15 is 0 Å². The van der Waals surface area contributed by atoms with Crippen LogP contribution in [0.3, 0.4) is 0 Å². The van der Waals surface area contributed by atoms with E-state index in [1.54, 1.807) is 18.2 Å². The standard InChI is InChI=1S/C20H24N4O4/c1-13(2)12-21-20(26)17-11-15(8-9-18(17)23(3)4)22-19(25)14-6-5-7-16(10-14)24(27)28/h5-11,13H,12H2,1-4H3,(H,21,26)(H,22,25). The van der Waals surface area contributed by atoms with Gasteiger partial charge in [-0.25, -0.2) is 0 Å². The van der Waals surface area contributed by atoms with Crippen molar-refractivity contribution in [3.8, 4) is 0 Å². The molecular formula is C20H24N4O4. The van der Waals surface area contributed by atoms with Gasteiger partial charge in [-0.15, -0.1) is 0 Å². The molecule has 0 aliphatic rings. The van der Waals surface area contributed by atoms with E-state index < -0.39 is 10.8 Å². The predicted molar refractivity (Wildman–Crippen MR) is 109 cm³/mol. The summed E-state index contributed by atoms with van der Waals surface area (Å²) in [5.41, 5.74) is 1.58. The Bertz CT molecular complexity index is 894. The third kappa shape index (κ3) is 5.29. The molecule has 0 aromatic heterocycles. The van der Waals surface area contributed by atoms with Gasteiger partial charge in [-0.3, -0.25) is 19.7 Å². The largest absolute Gasteiger partial charge is 0.377 e. The Morgan fingerprint density at radius 2 is 1.82 bits per heavy atom. The molecule has 0 bridgehead atoms. The van der Waals surface area contributed by atoms with Crippen LogP contribution in [-0.2, 0) is 0 Å². The first-order valence-corrected chi connectivity index (χ1v) is 8.84. The summed E-state index contributed by atoms with van der Waals surface area (Å²) in [6, 6.07) is 10.5. The highest BCUT2D eigenvalue weighted by Gasteiger charge is 2.16. The summed E-state index contributed by atoms with van der Waals surface area (Å²) in [6.07, 6.45) is 0. The normalized spacial score (nSPS) is 10.5. The van der Waals surface area contributed by atoms with Crippen LogP contribution in [0, 0.1) is 16.0 Å². The van der Waals surface area contributed by atoms with Crippen molar-refractivity contribution < 1.29 is 14.5 Å². The molecule has 8 heteroatoms. The lowest BCUT2D eigenvalue weighted by Gasteiger charge is -2.19. The van der Waals surface area contributed by atoms with Crippen molar-refractivity contribution in [1.82, 2.24) is 5.32 Å². The van der Waals surface area contributed by atoms with Crippen LogP contribution < -0.4 is 15.5 Å². The molecule has 0 saturated carbocycles. The lowest BCUT2D eigenvalue weighted by molar-refractivity contribution is -0.384. The number of rotatable bonds is 7. The summed E-state index contributed by atoms with van der Waals surface area (Å²) < 4.78 is 0. The van der Waals surface area contributed by atoms with E-state index in [-0.39, 0.29) is 17.2 Å². The maximum absolute atomic E-state index is 12.6. The van der Waals surface area contributed by atoms with Gasteiger partial charge >= 0.3 is 0 Å². The molecular weight excluding hydrogens is 360 g/mol. The minimum absolute atomic E-state index is 0.163. The second-order valence-electron chi connectivity index (χ2n) is 6.99. The number of hydrogen-bond acceptors (Lipinski definition) is 5. The highest BCUT2D eigenvalue weighted by atomic mass is 16.6. The Balaban J connectivity index is 2.27. The number of amides is 2. The van der Waals surface area contributed by atoms with Gasteiger partial charge in [0.15, 0.2) is 0 Å². The van der Waals surface area contributed by atoms with Gasteiger partial charge in [0.2, 0.25) is 0 Å². The predicted octanol–water partition coefficient (Wildman–Crippen LogP) is 3.30. The van der Waals surface area contributed by atoms with Crippen molar-refractivity contribution in [1.29, 1.82) is 0 Å². The molecule has 148 valence electrons. The Kier molecular flexibility index (Phi) is 6.70. The quantitative estimate of drug-likeness (QED) is 0.563. The Labute approximate surface area is 163 Å². The zero-order chi connectivity index (χ0) is 20.8. The third-order valence-electron chi connectivity index (χ3n) is 3.97. The van der Waals surface area contributed by atoms with Crippen LogP contribution in [0.2, 0.25) is 0 Å². The SMILES string of the molecule is CC(C)CNC(=O)c1cc(NC(=O)c2cccc([N+](=O)[O-])c2)ccc1N(C)C. The number of nitrogens with one attached hydrogen (secondary N) is 2. The summed E-state index contributed by atoms with van der Waals surface area (Å²) in [7, 11) is 3.66. The van der Waals surface area contributed by atoms with E-state index in [1.165, 1.54) is 24.3 Å². The van der Waals surface area contributed by atoms with Gasteiger partial charge in [-0.1, -0.05) is 19.9 Å². The molecule has 2 amide bonds. The molecule has 0 atom stereocenters. The first-order valence-electron chi connectivity index (χ1n) is 8.84. The molecule has 0 radical (unpaired) electrons. The minimum Gasteiger partial charge on any atom is -0.377 e. The summed E-state index contributed by atoms with van der Waals surface area (Å²) >= 11 is 0. The third-order valence-corrected chi connectivity index (χ3v) is 3.97. The van der Waals surface area contributed by atoms with Gasteiger partial charge in [0.05, 0.1) is 10.5 Å². The molecule has 2 rings (SSSR count). The molecule has 2 aromatic carbocycles. The van der Waals surface area contributed by atoms with E-state index in [0.717, 1.165) is 5.69 Å². The van der Waals surface area contributed by atoms with Gasteiger partial charge in [0, 0.05) is 49.7 Å². The highest BCUT2D eigenvalue weighted by Crippen LogP contribution is 2.24. The Hall–Kier alpha value is -3.42. The van der Waals surface area contributed by atoms with Gasteiger partial charge in [0.1, 0.15) is 0 Å². The van der Waals surface area contributed by atoms with Gasteiger partial charge in [-0.05, 0) is 30.2 Å². The lowest BCUT2D eigenvalue weighted by Crippen LogP contribution is -2.29. The number of non-ortho nitro benzene ring substituents is 1. The van der Waals surface area contributed by atoms with E-state index in [2.05, 4.69) is 10.6 Å². The number of nitrogens with zero attached hydrogens (tertiary/aromatic N) is 2. The Morgan fingerprint density at radius 1 is 1.11 bits per heavy atom. The van der Waals surface area contributed by atoms with Gasteiger partial charge in [0.25, 0.3) is 17.5 Å². The summed E-state index contributed by atoms with van der Waals surface area (Å²) in [4.78, 5) is 37.2. The summed E-state index contributed by atoms with van der Waals surface area (Å²) in [5, 5.41) is 16.5. The zero-order valence-corrected chi connectivity index (χ0v) is 16.4. The first-order chi connectivity index (χ1) is 13.2. The van der Waals surface area contributed by atoms with Crippen LogP contribution >= 0.6 is 0 Å². The molecule has 28 heavy (non-hydrogen) atoms. The average molecular weight is 384 g/mol. The maximum atomic E-state index is 12.6. The van der Waals surface area contributed by atoms with Crippen molar-refractivity contribution in [3.63, 3.8) is 0 Å². The smallest absolute Gasteiger partial charge is 0.270 e. The molecule has 0 aliphatic heterocycles. The molecule has 0 saturated heterocycles. The number of nitro benzene ring substituents is 1. The van der Waals surface area contributed by atoms with E-state index in [9.17, 15) is 19.7 Å². The van der Waals surface area contributed by atoms with Crippen LogP contribution in [0.25, 0.3) is 0 Å². The fraction of sp³-hybridized carbons (Fsp3) is 0.300. The van der Waals surface area contributed by atoms with Crippen LogP contribution in [0.5, 0.6) is 0 Å². The molecule has 2 aromatic rings. The first kappa shape index (κ1) is 20.9. The molecule has 2 N–H and O–H groups in total. The van der Waals surface area contributed by atoms with Gasteiger partial charge < -0.3 is 15.5 Å². The summed E-state index contributed by atoms with van der Waals surface area (Å²) in [6.45, 7) is 4.54. The minimum atomic E-state index is -0.556. The fourth-order valence-electron chi connectivity index (χ4n) is 2.54. The van der Waals surface area contributed by atoms with Gasteiger partial charge in [-0.2, -0.15) is 0 Å².